The maximum absolute atomic E-state index is 5.67. The second kappa shape index (κ2) is 8.36. The first kappa shape index (κ1) is 19.0. The van der Waals surface area contributed by atoms with Gasteiger partial charge in [0, 0.05) is 12.0 Å². The third-order valence-corrected chi connectivity index (χ3v) is 4.68. The zero-order valence-electron chi connectivity index (χ0n) is 16.0. The van der Waals surface area contributed by atoms with Crippen LogP contribution in [0.25, 0.3) is 0 Å². The lowest BCUT2D eigenvalue weighted by Crippen LogP contribution is -2.16. The molecule has 0 atom stereocenters. The van der Waals surface area contributed by atoms with Gasteiger partial charge < -0.3 is 18.9 Å². The number of nitrogens with one attached hydrogen (secondary N) is 1. The van der Waals surface area contributed by atoms with Crippen molar-refractivity contribution in [2.75, 3.05) is 27.4 Å². The van der Waals surface area contributed by atoms with Crippen molar-refractivity contribution in [3.05, 3.63) is 58.1 Å². The molecule has 0 bridgehead atoms. The first-order valence-electron chi connectivity index (χ1n) is 8.99. The number of hydrogen-bond donors (Lipinski definition) is 1. The summed E-state index contributed by atoms with van der Waals surface area (Å²) in [7, 11) is 3.23. The predicted octanol–water partition coefficient (Wildman–Crippen LogP) is 3.20. The van der Waals surface area contributed by atoms with E-state index in [1.54, 1.807) is 25.1 Å². The van der Waals surface area contributed by atoms with E-state index in [0.29, 0.717) is 47.5 Å². The normalized spacial score (nSPS) is 12.9. The van der Waals surface area contributed by atoms with Gasteiger partial charge in [0.05, 0.1) is 20.4 Å². The summed E-state index contributed by atoms with van der Waals surface area (Å²) in [5.41, 5.74) is 1.86. The third-order valence-electron chi connectivity index (χ3n) is 4.41. The topological polar surface area (TPSA) is 82.9 Å². The Kier molecular flexibility index (Phi) is 5.48. The van der Waals surface area contributed by atoms with Gasteiger partial charge in [-0.25, -0.2) is 0 Å². The Morgan fingerprint density at radius 1 is 1.17 bits per heavy atom. The van der Waals surface area contributed by atoms with Crippen LogP contribution in [-0.4, -0.2) is 48.5 Å². The van der Waals surface area contributed by atoms with Crippen molar-refractivity contribution in [2.24, 2.45) is 5.10 Å². The van der Waals surface area contributed by atoms with Crippen molar-refractivity contribution >= 4 is 18.4 Å². The van der Waals surface area contributed by atoms with E-state index < -0.39 is 0 Å². The summed E-state index contributed by atoms with van der Waals surface area (Å²) >= 11 is 5.33. The molecular formula is C20H20N4O4S. The van der Waals surface area contributed by atoms with Gasteiger partial charge in [0.25, 0.3) is 0 Å². The molecule has 0 saturated carbocycles. The van der Waals surface area contributed by atoms with E-state index in [1.165, 1.54) is 0 Å². The van der Waals surface area contributed by atoms with Crippen molar-refractivity contribution in [2.45, 2.75) is 6.42 Å². The van der Waals surface area contributed by atoms with Gasteiger partial charge in [-0.05, 0) is 42.0 Å². The molecule has 0 saturated heterocycles. The number of ether oxygens (including phenoxy) is 4. The van der Waals surface area contributed by atoms with E-state index in [9.17, 15) is 0 Å². The molecule has 1 aromatic heterocycles. The minimum Gasteiger partial charge on any atom is -0.497 e. The van der Waals surface area contributed by atoms with Gasteiger partial charge in [0.15, 0.2) is 17.3 Å². The molecule has 150 valence electrons. The Bertz CT molecular complexity index is 1070. The van der Waals surface area contributed by atoms with Crippen LogP contribution >= 0.6 is 12.2 Å². The predicted molar refractivity (Wildman–Crippen MR) is 110 cm³/mol. The van der Waals surface area contributed by atoms with Crippen LogP contribution in [0.2, 0.25) is 0 Å². The average Bonchev–Trinajstić information content (AvgIpc) is 3.11. The molecule has 1 aliphatic heterocycles. The highest BCUT2D eigenvalue weighted by Gasteiger charge is 2.18. The lowest BCUT2D eigenvalue weighted by molar-refractivity contribution is 0.165. The maximum Gasteiger partial charge on any atom is 0.216 e. The quantitative estimate of drug-likeness (QED) is 0.495. The Balaban J connectivity index is 1.60. The molecule has 0 aliphatic carbocycles. The number of benzene rings is 2. The fraction of sp³-hybridized carbons (Fsp3) is 0.250. The molecule has 9 heteroatoms. The molecule has 1 N–H and O–H groups in total. The lowest BCUT2D eigenvalue weighted by atomic mass is 10.1. The van der Waals surface area contributed by atoms with Gasteiger partial charge in [-0.3, -0.25) is 5.10 Å². The summed E-state index contributed by atoms with van der Waals surface area (Å²) in [5, 5.41) is 11.6. The molecule has 0 radical (unpaired) electrons. The standard InChI is InChI=1S/C20H20N4O4S/c1-25-15-5-3-13(4-6-15)11-18-22-23-20(29)24(18)21-12-14-9-16(26-2)19-17(10-14)27-7-8-28-19/h3-6,9-10,12H,7-8,11H2,1-2H3,(H,23,29)/b21-12-. The summed E-state index contributed by atoms with van der Waals surface area (Å²) in [6.45, 7) is 0.991. The molecule has 3 aromatic rings. The van der Waals surface area contributed by atoms with Crippen LogP contribution in [-0.2, 0) is 6.42 Å². The minimum atomic E-state index is 0.411. The number of aromatic nitrogens is 3. The molecule has 2 heterocycles. The average molecular weight is 412 g/mol. The molecule has 0 fully saturated rings. The first-order chi connectivity index (χ1) is 14.2. The SMILES string of the molecule is COc1ccc(Cc2n[nH]c(=S)n2/N=C\c2cc(OC)c3c(c2)OCCO3)cc1. The highest BCUT2D eigenvalue weighted by molar-refractivity contribution is 7.71. The molecule has 29 heavy (non-hydrogen) atoms. The zero-order valence-corrected chi connectivity index (χ0v) is 16.9. The van der Waals surface area contributed by atoms with Gasteiger partial charge in [0.2, 0.25) is 10.5 Å². The molecule has 4 rings (SSSR count). The number of H-pyrrole nitrogens is 1. The van der Waals surface area contributed by atoms with E-state index in [2.05, 4.69) is 15.3 Å². The number of hydrogen-bond acceptors (Lipinski definition) is 7. The molecule has 2 aromatic carbocycles. The number of nitrogens with zero attached hydrogens (tertiary/aromatic N) is 3. The zero-order chi connectivity index (χ0) is 20.2. The number of methoxy groups -OCH3 is 2. The van der Waals surface area contributed by atoms with E-state index in [1.807, 2.05) is 36.4 Å². The van der Waals surface area contributed by atoms with Crippen molar-refractivity contribution in [1.29, 1.82) is 0 Å². The summed E-state index contributed by atoms with van der Waals surface area (Å²) < 4.78 is 23.9. The van der Waals surface area contributed by atoms with E-state index in [0.717, 1.165) is 16.9 Å². The fourth-order valence-electron chi connectivity index (χ4n) is 2.98. The monoisotopic (exact) mass is 412 g/mol. The van der Waals surface area contributed by atoms with Gasteiger partial charge in [0.1, 0.15) is 19.0 Å². The second-order valence-corrected chi connectivity index (χ2v) is 6.66. The first-order valence-corrected chi connectivity index (χ1v) is 9.40. The maximum atomic E-state index is 5.67. The number of rotatable bonds is 6. The van der Waals surface area contributed by atoms with Gasteiger partial charge in [-0.2, -0.15) is 14.9 Å². The lowest BCUT2D eigenvalue weighted by Gasteiger charge is -2.20. The van der Waals surface area contributed by atoms with Crippen LogP contribution in [0.4, 0.5) is 0 Å². The largest absolute Gasteiger partial charge is 0.497 e. The van der Waals surface area contributed by atoms with Crippen molar-refractivity contribution in [3.63, 3.8) is 0 Å². The highest BCUT2D eigenvalue weighted by atomic mass is 32.1. The number of fused-ring (bicyclic) bond motifs is 1. The Labute approximate surface area is 172 Å². The second-order valence-electron chi connectivity index (χ2n) is 6.27. The van der Waals surface area contributed by atoms with Gasteiger partial charge in [-0.15, -0.1) is 0 Å². The molecule has 0 unspecified atom stereocenters. The molecule has 1 aliphatic rings. The molecular weight excluding hydrogens is 392 g/mol. The van der Waals surface area contributed by atoms with Crippen LogP contribution in [0.5, 0.6) is 23.0 Å². The van der Waals surface area contributed by atoms with Crippen LogP contribution in [0, 0.1) is 4.77 Å². The van der Waals surface area contributed by atoms with Crippen LogP contribution in [0.3, 0.4) is 0 Å². The Morgan fingerprint density at radius 2 is 1.97 bits per heavy atom. The minimum absolute atomic E-state index is 0.411. The highest BCUT2D eigenvalue weighted by Crippen LogP contribution is 2.40. The third kappa shape index (κ3) is 4.09. The smallest absolute Gasteiger partial charge is 0.216 e. The fourth-order valence-corrected chi connectivity index (χ4v) is 3.17. The summed E-state index contributed by atoms with van der Waals surface area (Å²) in [5.74, 6) is 3.33. The summed E-state index contributed by atoms with van der Waals surface area (Å²) in [6.07, 6.45) is 2.25. The van der Waals surface area contributed by atoms with Crippen molar-refractivity contribution in [1.82, 2.24) is 14.9 Å². The van der Waals surface area contributed by atoms with Gasteiger partial charge in [-0.1, -0.05) is 12.1 Å². The number of aromatic amines is 1. The van der Waals surface area contributed by atoms with E-state index in [4.69, 9.17) is 31.2 Å². The van der Waals surface area contributed by atoms with Crippen molar-refractivity contribution < 1.29 is 18.9 Å². The van der Waals surface area contributed by atoms with Crippen LogP contribution < -0.4 is 18.9 Å². The molecule has 0 spiro atoms. The van der Waals surface area contributed by atoms with Crippen molar-refractivity contribution in [3.8, 4) is 23.0 Å². The van der Waals surface area contributed by atoms with E-state index in [-0.39, 0.29) is 0 Å². The van der Waals surface area contributed by atoms with Crippen LogP contribution in [0.1, 0.15) is 17.0 Å². The molecule has 8 nitrogen and oxygen atoms in total. The Hall–Kier alpha value is -3.33. The Morgan fingerprint density at radius 3 is 2.72 bits per heavy atom. The summed E-state index contributed by atoms with van der Waals surface area (Å²) in [6, 6.07) is 11.5. The van der Waals surface area contributed by atoms with Crippen LogP contribution in [0.15, 0.2) is 41.5 Å². The summed E-state index contributed by atoms with van der Waals surface area (Å²) in [4.78, 5) is 0. The molecule has 0 amide bonds. The van der Waals surface area contributed by atoms with Gasteiger partial charge >= 0.3 is 0 Å². The van der Waals surface area contributed by atoms with E-state index >= 15 is 0 Å².